The van der Waals surface area contributed by atoms with E-state index >= 15 is 0 Å². The Bertz CT molecular complexity index is 409. The molecule has 0 amide bonds. The Hall–Kier alpha value is -1.88. The van der Waals surface area contributed by atoms with Crippen molar-refractivity contribution in [2.45, 2.75) is 13.0 Å². The van der Waals surface area contributed by atoms with Gasteiger partial charge < -0.3 is 14.9 Å². The van der Waals surface area contributed by atoms with Gasteiger partial charge in [-0.05, 0) is 24.6 Å². The van der Waals surface area contributed by atoms with Crippen LogP contribution in [0.5, 0.6) is 0 Å². The van der Waals surface area contributed by atoms with E-state index in [1.54, 1.807) is 0 Å². The van der Waals surface area contributed by atoms with Crippen LogP contribution in [-0.2, 0) is 9.53 Å². The lowest BCUT2D eigenvalue weighted by Gasteiger charge is -2.15. The van der Waals surface area contributed by atoms with E-state index in [-0.39, 0.29) is 0 Å². The van der Waals surface area contributed by atoms with Gasteiger partial charge in [-0.1, -0.05) is 12.1 Å². The van der Waals surface area contributed by atoms with Gasteiger partial charge in [0.05, 0.1) is 24.7 Å². The van der Waals surface area contributed by atoms with Gasteiger partial charge in [0, 0.05) is 0 Å². The number of ether oxygens (including phenoxy) is 1. The second-order valence-electron chi connectivity index (χ2n) is 3.69. The number of aliphatic hydroxyl groups excluding tert-OH is 1. The quantitative estimate of drug-likeness (QED) is 0.771. The third kappa shape index (κ3) is 3.04. The second kappa shape index (κ2) is 5.45. The summed E-state index contributed by atoms with van der Waals surface area (Å²) >= 11 is 0. The molecule has 2 atom stereocenters. The molecule has 92 valence electrons. The summed E-state index contributed by atoms with van der Waals surface area (Å²) in [4.78, 5) is 21.9. The predicted molar refractivity (Wildman–Crippen MR) is 59.5 cm³/mol. The molecule has 1 rings (SSSR count). The van der Waals surface area contributed by atoms with Crippen molar-refractivity contribution in [1.82, 2.24) is 0 Å². The number of carboxylic acid groups (broad SMARTS) is 1. The summed E-state index contributed by atoms with van der Waals surface area (Å²) in [6.45, 7) is 1.42. The minimum absolute atomic E-state index is 0.353. The molecule has 0 spiro atoms. The molecule has 5 nitrogen and oxygen atoms in total. The molecule has 1 aromatic carbocycles. The smallest absolute Gasteiger partial charge is 0.337 e. The van der Waals surface area contributed by atoms with Crippen LogP contribution < -0.4 is 0 Å². The molecule has 0 aromatic heterocycles. The van der Waals surface area contributed by atoms with E-state index in [2.05, 4.69) is 4.74 Å². The molecule has 0 heterocycles. The van der Waals surface area contributed by atoms with Gasteiger partial charge in [-0.15, -0.1) is 0 Å². The van der Waals surface area contributed by atoms with E-state index in [0.717, 1.165) is 0 Å². The van der Waals surface area contributed by atoms with Crippen molar-refractivity contribution in [1.29, 1.82) is 0 Å². The van der Waals surface area contributed by atoms with Gasteiger partial charge >= 0.3 is 11.9 Å². The van der Waals surface area contributed by atoms with E-state index in [1.165, 1.54) is 38.3 Å². The number of aliphatic carboxylic acids is 1. The summed E-state index contributed by atoms with van der Waals surface area (Å²) in [7, 11) is 1.28. The van der Waals surface area contributed by atoms with Crippen LogP contribution in [-0.4, -0.2) is 29.3 Å². The first kappa shape index (κ1) is 13.2. The lowest BCUT2D eigenvalue weighted by molar-refractivity contribution is -0.145. The topological polar surface area (TPSA) is 83.8 Å². The summed E-state index contributed by atoms with van der Waals surface area (Å²) < 4.78 is 4.53. The molecule has 0 saturated carbocycles. The molecule has 0 fully saturated rings. The maximum absolute atomic E-state index is 11.2. The highest BCUT2D eigenvalue weighted by Crippen LogP contribution is 2.22. The minimum Gasteiger partial charge on any atom is -0.481 e. The van der Waals surface area contributed by atoms with Crippen molar-refractivity contribution in [3.63, 3.8) is 0 Å². The highest BCUT2D eigenvalue weighted by molar-refractivity contribution is 5.89. The Balaban J connectivity index is 2.87. The lowest BCUT2D eigenvalue weighted by Crippen LogP contribution is -2.18. The number of carbonyl (C=O) groups excluding carboxylic acids is 1. The maximum Gasteiger partial charge on any atom is 0.337 e. The standard InChI is InChI=1S/C12H14O5/c1-7(11(14)15)10(13)8-3-5-9(6-4-8)12(16)17-2/h3-7,10,13H,1-2H3,(H,14,15). The van der Waals surface area contributed by atoms with Crippen molar-refractivity contribution in [3.05, 3.63) is 35.4 Å². The molecule has 0 aliphatic heterocycles. The van der Waals surface area contributed by atoms with Crippen LogP contribution in [0.15, 0.2) is 24.3 Å². The summed E-state index contributed by atoms with van der Waals surface area (Å²) in [5.41, 5.74) is 0.805. The third-order valence-electron chi connectivity index (χ3n) is 2.54. The van der Waals surface area contributed by atoms with Crippen LogP contribution in [0.3, 0.4) is 0 Å². The number of rotatable bonds is 4. The fourth-order valence-corrected chi connectivity index (χ4v) is 1.36. The zero-order valence-electron chi connectivity index (χ0n) is 9.58. The number of hydrogen-bond acceptors (Lipinski definition) is 4. The van der Waals surface area contributed by atoms with Crippen molar-refractivity contribution < 1.29 is 24.5 Å². The van der Waals surface area contributed by atoms with E-state index < -0.39 is 24.0 Å². The number of hydrogen-bond donors (Lipinski definition) is 2. The molecule has 1 aromatic rings. The van der Waals surface area contributed by atoms with Gasteiger partial charge in [0.15, 0.2) is 0 Å². The van der Waals surface area contributed by atoms with E-state index in [0.29, 0.717) is 11.1 Å². The normalized spacial score (nSPS) is 13.8. The second-order valence-corrected chi connectivity index (χ2v) is 3.69. The zero-order valence-corrected chi connectivity index (χ0v) is 9.58. The summed E-state index contributed by atoms with van der Waals surface area (Å²) in [6, 6.07) is 5.99. The van der Waals surface area contributed by atoms with Gasteiger partial charge in [0.25, 0.3) is 0 Å². The Morgan fingerprint density at radius 2 is 1.76 bits per heavy atom. The molecular weight excluding hydrogens is 224 g/mol. The third-order valence-corrected chi connectivity index (χ3v) is 2.54. The van der Waals surface area contributed by atoms with Crippen molar-refractivity contribution in [2.75, 3.05) is 7.11 Å². The maximum atomic E-state index is 11.2. The Kier molecular flexibility index (Phi) is 4.23. The van der Waals surface area contributed by atoms with Crippen molar-refractivity contribution in [2.24, 2.45) is 5.92 Å². The minimum atomic E-state index is -1.10. The summed E-state index contributed by atoms with van der Waals surface area (Å²) in [6.07, 6.45) is -1.10. The first-order valence-electron chi connectivity index (χ1n) is 5.06. The van der Waals surface area contributed by atoms with Crippen LogP contribution in [0.2, 0.25) is 0 Å². The van der Waals surface area contributed by atoms with Crippen LogP contribution in [0, 0.1) is 5.92 Å². The Morgan fingerprint density at radius 3 is 2.18 bits per heavy atom. The van der Waals surface area contributed by atoms with E-state index in [4.69, 9.17) is 5.11 Å². The Morgan fingerprint density at radius 1 is 1.24 bits per heavy atom. The molecule has 2 unspecified atom stereocenters. The van der Waals surface area contributed by atoms with Gasteiger partial charge in [0.2, 0.25) is 0 Å². The van der Waals surface area contributed by atoms with E-state index in [9.17, 15) is 14.7 Å². The highest BCUT2D eigenvalue weighted by Gasteiger charge is 2.22. The molecule has 0 aliphatic carbocycles. The number of methoxy groups -OCH3 is 1. The monoisotopic (exact) mass is 238 g/mol. The number of benzene rings is 1. The molecule has 0 bridgehead atoms. The lowest BCUT2D eigenvalue weighted by atomic mass is 9.97. The molecule has 0 radical (unpaired) electrons. The first-order valence-corrected chi connectivity index (χ1v) is 5.06. The van der Waals surface area contributed by atoms with Gasteiger partial charge in [-0.2, -0.15) is 0 Å². The van der Waals surface area contributed by atoms with Crippen molar-refractivity contribution >= 4 is 11.9 Å². The van der Waals surface area contributed by atoms with Crippen molar-refractivity contribution in [3.8, 4) is 0 Å². The predicted octanol–water partition coefficient (Wildman–Crippen LogP) is 1.23. The van der Waals surface area contributed by atoms with Gasteiger partial charge in [0.1, 0.15) is 0 Å². The van der Waals surface area contributed by atoms with Crippen LogP contribution in [0.4, 0.5) is 0 Å². The molecule has 17 heavy (non-hydrogen) atoms. The molecule has 0 aliphatic rings. The number of aliphatic hydroxyl groups is 1. The number of carboxylic acids is 1. The van der Waals surface area contributed by atoms with Gasteiger partial charge in [-0.25, -0.2) is 4.79 Å². The Labute approximate surface area is 98.6 Å². The fourth-order valence-electron chi connectivity index (χ4n) is 1.36. The van der Waals surface area contributed by atoms with Gasteiger partial charge in [-0.3, -0.25) is 4.79 Å². The average Bonchev–Trinajstić information content (AvgIpc) is 2.36. The average molecular weight is 238 g/mol. The zero-order chi connectivity index (χ0) is 13.0. The molecule has 0 saturated heterocycles. The molecule has 2 N–H and O–H groups in total. The van der Waals surface area contributed by atoms with Crippen LogP contribution in [0.25, 0.3) is 0 Å². The number of esters is 1. The first-order chi connectivity index (χ1) is 7.97. The van der Waals surface area contributed by atoms with Crippen LogP contribution in [0.1, 0.15) is 28.9 Å². The summed E-state index contributed by atoms with van der Waals surface area (Å²) in [5.74, 6) is -2.45. The highest BCUT2D eigenvalue weighted by atomic mass is 16.5. The SMILES string of the molecule is COC(=O)c1ccc(C(O)C(C)C(=O)O)cc1. The fraction of sp³-hybridized carbons (Fsp3) is 0.333. The van der Waals surface area contributed by atoms with Crippen LogP contribution >= 0.6 is 0 Å². The summed E-state index contributed by atoms with van der Waals surface area (Å²) in [5, 5.41) is 18.5. The molecular formula is C12H14O5. The van der Waals surface area contributed by atoms with E-state index in [1.807, 2.05) is 0 Å². The largest absolute Gasteiger partial charge is 0.481 e. The number of carbonyl (C=O) groups is 2. The molecule has 5 heteroatoms.